The fourth-order valence-corrected chi connectivity index (χ4v) is 3.75. The molecule has 0 saturated carbocycles. The Morgan fingerprint density at radius 1 is 1.14 bits per heavy atom. The summed E-state index contributed by atoms with van der Waals surface area (Å²) in [5.74, 6) is -1.38. The number of ether oxygens (including phenoxy) is 1. The lowest BCUT2D eigenvalue weighted by Gasteiger charge is -2.25. The van der Waals surface area contributed by atoms with Gasteiger partial charge in [0.25, 0.3) is 11.7 Å². The number of halogens is 1. The Bertz CT molecular complexity index is 995. The van der Waals surface area contributed by atoms with Crippen LogP contribution in [0.4, 0.5) is 4.39 Å². The first-order valence-electron chi connectivity index (χ1n) is 9.49. The van der Waals surface area contributed by atoms with Gasteiger partial charge in [-0.3, -0.25) is 9.59 Å². The number of rotatable bonds is 5. The van der Waals surface area contributed by atoms with Crippen LogP contribution in [0.25, 0.3) is 5.76 Å². The molecule has 0 spiro atoms. The number of ketones is 1. The fourth-order valence-electron chi connectivity index (χ4n) is 3.75. The molecule has 0 radical (unpaired) electrons. The lowest BCUT2D eigenvalue weighted by atomic mass is 9.93. The molecule has 1 aliphatic rings. The first kappa shape index (κ1) is 20.6. The Morgan fingerprint density at radius 3 is 2.38 bits per heavy atom. The summed E-state index contributed by atoms with van der Waals surface area (Å²) < 4.78 is 18.8. The van der Waals surface area contributed by atoms with Crippen molar-refractivity contribution in [2.45, 2.75) is 33.2 Å². The fraction of sp³-hybridized carbons (Fsp3) is 0.304. The van der Waals surface area contributed by atoms with Gasteiger partial charge >= 0.3 is 0 Å². The number of carbonyl (C=O) groups is 2. The second-order valence-corrected chi connectivity index (χ2v) is 7.18. The smallest absolute Gasteiger partial charge is 0.295 e. The van der Waals surface area contributed by atoms with Crippen molar-refractivity contribution in [3.05, 3.63) is 70.0 Å². The number of hydrogen-bond acceptors (Lipinski definition) is 4. The van der Waals surface area contributed by atoms with E-state index in [1.165, 1.54) is 29.2 Å². The van der Waals surface area contributed by atoms with E-state index >= 15 is 0 Å². The molecular formula is C23H24FNO4. The summed E-state index contributed by atoms with van der Waals surface area (Å²) in [4.78, 5) is 27.0. The van der Waals surface area contributed by atoms with Crippen LogP contribution in [0, 0.1) is 19.7 Å². The molecule has 29 heavy (non-hydrogen) atoms. The molecule has 3 rings (SSSR count). The largest absolute Gasteiger partial charge is 0.507 e. The van der Waals surface area contributed by atoms with Gasteiger partial charge < -0.3 is 14.7 Å². The van der Waals surface area contributed by atoms with Crippen molar-refractivity contribution in [3.63, 3.8) is 0 Å². The highest BCUT2D eigenvalue weighted by Gasteiger charge is 2.45. The van der Waals surface area contributed by atoms with E-state index in [4.69, 9.17) is 4.74 Å². The van der Waals surface area contributed by atoms with Crippen molar-refractivity contribution in [3.8, 4) is 5.75 Å². The third-order valence-electron chi connectivity index (χ3n) is 5.19. The second-order valence-electron chi connectivity index (χ2n) is 7.18. The van der Waals surface area contributed by atoms with Crippen LogP contribution in [0.3, 0.4) is 0 Å². The van der Waals surface area contributed by atoms with Crippen LogP contribution in [0.2, 0.25) is 0 Å². The molecule has 1 saturated heterocycles. The lowest BCUT2D eigenvalue weighted by Crippen LogP contribution is -2.30. The van der Waals surface area contributed by atoms with Gasteiger partial charge in [0.1, 0.15) is 17.3 Å². The van der Waals surface area contributed by atoms with Gasteiger partial charge in [0.05, 0.1) is 18.7 Å². The number of Topliss-reactive ketones (excluding diaryl/α,β-unsaturated/α-hetero) is 1. The first-order chi connectivity index (χ1) is 13.8. The number of aliphatic hydroxyl groups is 1. The van der Waals surface area contributed by atoms with Gasteiger partial charge in [0.15, 0.2) is 0 Å². The second kappa shape index (κ2) is 8.07. The summed E-state index contributed by atoms with van der Waals surface area (Å²) in [5.41, 5.74) is 2.56. The molecule has 1 amide bonds. The number of methoxy groups -OCH3 is 1. The van der Waals surface area contributed by atoms with E-state index < -0.39 is 23.5 Å². The van der Waals surface area contributed by atoms with Crippen molar-refractivity contribution < 1.29 is 23.8 Å². The number of carbonyl (C=O) groups excluding carboxylic acids is 2. The molecule has 1 unspecified atom stereocenters. The van der Waals surface area contributed by atoms with Gasteiger partial charge in [0.2, 0.25) is 0 Å². The van der Waals surface area contributed by atoms with E-state index in [1.807, 2.05) is 13.8 Å². The highest BCUT2D eigenvalue weighted by Crippen LogP contribution is 2.40. The predicted octanol–water partition coefficient (Wildman–Crippen LogP) is 4.28. The molecule has 0 aliphatic carbocycles. The van der Waals surface area contributed by atoms with Crippen LogP contribution in [0.15, 0.2) is 42.0 Å². The van der Waals surface area contributed by atoms with Crippen molar-refractivity contribution in [2.24, 2.45) is 0 Å². The Kier molecular flexibility index (Phi) is 5.73. The van der Waals surface area contributed by atoms with Crippen LogP contribution in [-0.4, -0.2) is 35.4 Å². The number of aliphatic hydroxyl groups excluding tert-OH is 1. The molecule has 6 heteroatoms. The quantitative estimate of drug-likeness (QED) is 0.465. The standard InChI is InChI=1S/C23H24FNO4/c1-5-10-25-20(15-6-8-16(24)9-7-15)19(22(27)23(25)28)21(26)17-11-14(3)18(29-4)12-13(17)2/h6-9,11-12,20,26H,5,10H2,1-4H3/b21-19+. The predicted molar refractivity (Wildman–Crippen MR) is 108 cm³/mol. The molecule has 1 aliphatic heterocycles. The number of aryl methyl sites for hydroxylation is 2. The van der Waals surface area contributed by atoms with E-state index in [1.54, 1.807) is 26.2 Å². The maximum Gasteiger partial charge on any atom is 0.295 e. The number of nitrogens with zero attached hydrogens (tertiary/aromatic N) is 1. The molecule has 1 heterocycles. The minimum atomic E-state index is -0.766. The molecule has 0 bridgehead atoms. The van der Waals surface area contributed by atoms with E-state index in [-0.39, 0.29) is 11.3 Å². The molecule has 5 nitrogen and oxygen atoms in total. The zero-order chi connectivity index (χ0) is 21.3. The van der Waals surface area contributed by atoms with Gasteiger partial charge in [-0.25, -0.2) is 4.39 Å². The van der Waals surface area contributed by atoms with Crippen LogP contribution in [0.5, 0.6) is 5.75 Å². The normalized spacial score (nSPS) is 18.4. The Morgan fingerprint density at radius 2 is 1.79 bits per heavy atom. The van der Waals surface area contributed by atoms with Crippen molar-refractivity contribution in [2.75, 3.05) is 13.7 Å². The van der Waals surface area contributed by atoms with Crippen molar-refractivity contribution >= 4 is 17.4 Å². The SMILES string of the molecule is CCCN1C(=O)C(=O)/C(=C(/O)c2cc(C)c(OC)cc2C)C1c1ccc(F)cc1. The minimum absolute atomic E-state index is 0.0164. The van der Waals surface area contributed by atoms with E-state index in [2.05, 4.69) is 0 Å². The van der Waals surface area contributed by atoms with Crippen LogP contribution in [-0.2, 0) is 9.59 Å². The van der Waals surface area contributed by atoms with E-state index in [9.17, 15) is 19.1 Å². The molecule has 1 fully saturated rings. The molecule has 2 aromatic carbocycles. The van der Waals surface area contributed by atoms with Crippen molar-refractivity contribution in [1.29, 1.82) is 0 Å². The monoisotopic (exact) mass is 397 g/mol. The maximum absolute atomic E-state index is 13.4. The molecule has 1 atom stereocenters. The number of benzene rings is 2. The summed E-state index contributed by atoms with van der Waals surface area (Å²) in [6.07, 6.45) is 0.644. The van der Waals surface area contributed by atoms with E-state index in [0.29, 0.717) is 35.4 Å². The molecule has 0 aromatic heterocycles. The van der Waals surface area contributed by atoms with Gasteiger partial charge in [-0.05, 0) is 61.2 Å². The van der Waals surface area contributed by atoms with E-state index in [0.717, 1.165) is 5.56 Å². The van der Waals surface area contributed by atoms with Gasteiger partial charge in [-0.2, -0.15) is 0 Å². The third-order valence-corrected chi connectivity index (χ3v) is 5.19. The van der Waals surface area contributed by atoms with Crippen LogP contribution in [0.1, 0.15) is 41.6 Å². The molecule has 2 aromatic rings. The zero-order valence-corrected chi connectivity index (χ0v) is 17.0. The summed E-state index contributed by atoms with van der Waals surface area (Å²) in [5, 5.41) is 11.1. The average molecular weight is 397 g/mol. The third kappa shape index (κ3) is 3.62. The Labute approximate surface area is 169 Å². The summed E-state index contributed by atoms with van der Waals surface area (Å²) in [7, 11) is 1.56. The number of likely N-dealkylation sites (tertiary alicyclic amines) is 1. The Hall–Kier alpha value is -3.15. The topological polar surface area (TPSA) is 66.8 Å². The summed E-state index contributed by atoms with van der Waals surface area (Å²) >= 11 is 0. The Balaban J connectivity index is 2.23. The van der Waals surface area contributed by atoms with Gasteiger partial charge in [-0.1, -0.05) is 19.1 Å². The first-order valence-corrected chi connectivity index (χ1v) is 9.49. The van der Waals surface area contributed by atoms with Crippen LogP contribution >= 0.6 is 0 Å². The molecule has 1 N–H and O–H groups in total. The number of amides is 1. The summed E-state index contributed by atoms with van der Waals surface area (Å²) in [6, 6.07) is 8.38. The highest BCUT2D eigenvalue weighted by molar-refractivity contribution is 6.46. The zero-order valence-electron chi connectivity index (χ0n) is 17.0. The lowest BCUT2D eigenvalue weighted by molar-refractivity contribution is -0.139. The number of hydrogen-bond donors (Lipinski definition) is 1. The summed E-state index contributed by atoms with van der Waals surface area (Å²) in [6.45, 7) is 5.89. The highest BCUT2D eigenvalue weighted by atomic mass is 19.1. The van der Waals surface area contributed by atoms with Gasteiger partial charge in [-0.15, -0.1) is 0 Å². The average Bonchev–Trinajstić information content (AvgIpc) is 2.95. The maximum atomic E-state index is 13.4. The van der Waals surface area contributed by atoms with Crippen molar-refractivity contribution in [1.82, 2.24) is 4.90 Å². The minimum Gasteiger partial charge on any atom is -0.507 e. The molecule has 152 valence electrons. The molecular weight excluding hydrogens is 373 g/mol. The van der Waals surface area contributed by atoms with Gasteiger partial charge in [0, 0.05) is 12.1 Å². The van der Waals surface area contributed by atoms with Crippen LogP contribution < -0.4 is 4.74 Å².